The van der Waals surface area contributed by atoms with Crippen molar-refractivity contribution in [2.75, 3.05) is 0 Å². The summed E-state index contributed by atoms with van der Waals surface area (Å²) in [4.78, 5) is 4.82. The summed E-state index contributed by atoms with van der Waals surface area (Å²) in [6.45, 7) is -5.87. The number of para-hydroxylation sites is 2. The molecule has 424 valence electrons. The first-order chi connectivity index (χ1) is 53.9. The molecule has 5 nitrogen and oxygen atoms in total. The number of hydrogen-bond acceptors (Lipinski definition) is 2. The molecule has 3 aromatic heterocycles. The number of fused-ring (bicyclic) bond motifs is 10. The van der Waals surface area contributed by atoms with Gasteiger partial charge < -0.3 is 9.30 Å². The van der Waals surface area contributed by atoms with Crippen LogP contribution in [0.4, 0.5) is 0 Å². The van der Waals surface area contributed by atoms with E-state index in [0.717, 1.165) is 27.9 Å². The van der Waals surface area contributed by atoms with Gasteiger partial charge in [-0.05, 0) is 106 Å². The molecule has 0 N–H and O–H groups in total. The molecule has 0 fully saturated rings. The van der Waals surface area contributed by atoms with Crippen LogP contribution in [0.1, 0.15) is 92.2 Å². The Balaban J connectivity index is 0.0000111. The van der Waals surface area contributed by atoms with Gasteiger partial charge in [-0.15, -0.1) is 29.7 Å². The minimum atomic E-state index is -6.06. The van der Waals surface area contributed by atoms with Crippen molar-refractivity contribution in [3.8, 4) is 73.2 Å². The van der Waals surface area contributed by atoms with Crippen LogP contribution in [0.15, 0.2) is 273 Å². The number of pyridine rings is 1. The fraction of sp³-hybridized carbons (Fsp3) is 0.100. The second kappa shape index (κ2) is 21.8. The molecule has 87 heavy (non-hydrogen) atoms. The van der Waals surface area contributed by atoms with Crippen LogP contribution in [0.2, 0.25) is 0 Å². The molecule has 15 rings (SSSR count). The molecule has 0 spiro atoms. The molecular weight excluding hydrogens is 1260 g/mol. The predicted molar refractivity (Wildman–Crippen MR) is 357 cm³/mol. The molecule has 0 atom stereocenters. The summed E-state index contributed by atoms with van der Waals surface area (Å²) in [5.41, 5.74) is -3.49. The van der Waals surface area contributed by atoms with Crippen molar-refractivity contribution >= 4 is 61.7 Å². The third-order valence-electron chi connectivity index (χ3n) is 15.8. The molecule has 0 radical (unpaired) electrons. The van der Waals surface area contributed by atoms with E-state index in [0.29, 0.717) is 11.3 Å². The summed E-state index contributed by atoms with van der Waals surface area (Å²) in [6, 6.07) is 24.3. The molecule has 0 saturated heterocycles. The van der Waals surface area contributed by atoms with Gasteiger partial charge in [-0.25, -0.2) is 9.55 Å². The van der Waals surface area contributed by atoms with Crippen LogP contribution >= 0.6 is 0 Å². The van der Waals surface area contributed by atoms with E-state index in [-0.39, 0.29) is 99.2 Å². The smallest absolute Gasteiger partial charge is 0.253 e. The van der Waals surface area contributed by atoms with Crippen LogP contribution in [0.3, 0.4) is 0 Å². The van der Waals surface area contributed by atoms with E-state index in [4.69, 9.17) is 17.9 Å². The minimum absolute atomic E-state index is 0. The third-order valence-corrected chi connectivity index (χ3v) is 20.0. The number of rotatable bonds is 9. The van der Waals surface area contributed by atoms with Gasteiger partial charge >= 0.3 is 0 Å². The van der Waals surface area contributed by atoms with Gasteiger partial charge in [-0.1, -0.05) is 253 Å². The largest absolute Gasteiger partial charge is 0.509 e. The topological polar surface area (TPSA) is 35.9 Å². The zero-order valence-electron chi connectivity index (χ0n) is 75.4. The van der Waals surface area contributed by atoms with Crippen molar-refractivity contribution in [2.45, 2.75) is 52.2 Å². The SMILES string of the molecule is [2H]c1c([2H])c([2H])c(-c2cc3c4c(c2)n(-c2[c-]c(Oc5[c-]c6c(cc5)c5ccccc5n6-c5cc(C(C)(C)C)ccn5)ccc2)c[n+]4-c2c(cccc2C(C([2H])([2H])[2H])(C([2H])([2H])[2H])C([2H])([2H])[2H])-c2cc([Si](c4c([2H])c([2H])c([2H])c([2H])c4[2H])(c4c([2H])c([2H])c([2H])c([2H])c4[2H])c4c([2H])c([2H])c([2H])c([2H])c4[2H])ccc2-c2ccccc2-3)c([2H])c1[2H].[Pt]. The van der Waals surface area contributed by atoms with Crippen molar-refractivity contribution in [3.63, 3.8) is 0 Å². The van der Waals surface area contributed by atoms with Gasteiger partial charge in [0.2, 0.25) is 0 Å². The molecule has 14 aromatic rings. The molecule has 0 bridgehead atoms. The normalized spacial score (nSPS) is 17.3. The van der Waals surface area contributed by atoms with E-state index in [2.05, 4.69) is 32.9 Å². The number of imidazole rings is 1. The van der Waals surface area contributed by atoms with Crippen molar-refractivity contribution < 1.29 is 70.1 Å². The predicted octanol–water partition coefficient (Wildman–Crippen LogP) is 16.7. The van der Waals surface area contributed by atoms with Gasteiger partial charge in [0.15, 0.2) is 19.1 Å². The first-order valence-electron chi connectivity index (χ1n) is 41.9. The Hall–Kier alpha value is -9.45. The van der Waals surface area contributed by atoms with Gasteiger partial charge in [0.1, 0.15) is 11.5 Å². The van der Waals surface area contributed by atoms with Crippen LogP contribution in [-0.4, -0.2) is 22.2 Å². The number of ether oxygens (including phenoxy) is 1. The molecule has 0 amide bonds. The molecule has 0 unspecified atom stereocenters. The van der Waals surface area contributed by atoms with E-state index < -0.39 is 187 Å². The van der Waals surface area contributed by atoms with Gasteiger partial charge in [0.05, 0.1) is 27.4 Å². The average molecular weight is 1350 g/mol. The van der Waals surface area contributed by atoms with Crippen LogP contribution in [0, 0.1) is 12.1 Å². The fourth-order valence-electron chi connectivity index (χ4n) is 12.0. The molecular formula is C80H63N4OPtSi-. The standard InChI is InChI=1S/C80H63N4OSi.Pt/c1-79(2,3)56-45-46-81-76(49-56)84-73-40-22-21-37-67(73)68-43-41-59(51-74(68)84)85-58-28-23-27-57(50-58)82-53-83-77-69(38-24-39-72(77)80(4,5)6)70-52-63(86(60-29-13-8-14-30-60,61-31-15-9-16-32-61)62-33-17-10-18-34-62)42-44-66(70)64-35-19-20-36-65(64)71-47-55(48-75(82)78(71)83)54-25-11-7-12-26-54;/h7-49,52-53H,1-6H3;/q-1;/i4D3,5D3,6D3,7D,8D,9D,10D,11D,12D,13D,14D,15D,16D,17D,18D,25D,26D,29D,30D,31D,32D,33D,34D;. The zero-order chi connectivity index (χ0) is 83.2. The molecule has 1 aliphatic rings. The van der Waals surface area contributed by atoms with Crippen LogP contribution in [0.25, 0.3) is 94.5 Å². The van der Waals surface area contributed by atoms with Gasteiger partial charge in [-0.2, -0.15) is 16.7 Å². The number of benzene rings is 11. The minimum Gasteiger partial charge on any atom is -0.509 e. The van der Waals surface area contributed by atoms with Crippen LogP contribution in [0.5, 0.6) is 11.5 Å². The molecule has 0 saturated carbocycles. The molecule has 7 heteroatoms. The Morgan fingerprint density at radius 1 is 0.506 bits per heavy atom. The van der Waals surface area contributed by atoms with Gasteiger partial charge in [-0.3, -0.25) is 0 Å². The summed E-state index contributed by atoms with van der Waals surface area (Å²) in [5, 5.41) is -1.35. The third kappa shape index (κ3) is 9.42. The number of nitrogens with zero attached hydrogens (tertiary/aromatic N) is 4. The van der Waals surface area contributed by atoms with Crippen LogP contribution < -0.4 is 30.1 Å². The molecule has 11 aromatic carbocycles. The van der Waals surface area contributed by atoms with Crippen molar-refractivity contribution in [1.82, 2.24) is 14.1 Å². The average Bonchev–Trinajstić information content (AvgIpc) is 1.17. The van der Waals surface area contributed by atoms with E-state index in [1.165, 1.54) is 57.9 Å². The van der Waals surface area contributed by atoms with E-state index in [1.54, 1.807) is 54.7 Å². The molecule has 0 aliphatic carbocycles. The Bertz CT molecular complexity index is 6240. The van der Waals surface area contributed by atoms with E-state index >= 15 is 0 Å². The Labute approximate surface area is 565 Å². The molecule has 1 aliphatic heterocycles. The van der Waals surface area contributed by atoms with E-state index in [9.17, 15) is 31.5 Å². The first-order valence-corrected chi connectivity index (χ1v) is 29.4. The first kappa shape index (κ1) is 31.8. The second-order valence-electron chi connectivity index (χ2n) is 21.8. The Morgan fingerprint density at radius 2 is 1.13 bits per heavy atom. The summed E-state index contributed by atoms with van der Waals surface area (Å²) < 4.78 is 284. The maximum Gasteiger partial charge on any atom is 0.253 e. The van der Waals surface area contributed by atoms with E-state index in [1.807, 2.05) is 47.0 Å². The summed E-state index contributed by atoms with van der Waals surface area (Å²) in [6.07, 6.45) is 3.10. The maximum absolute atomic E-state index is 9.94. The second-order valence-corrected chi connectivity index (χ2v) is 25.4. The van der Waals surface area contributed by atoms with Gasteiger partial charge in [0.25, 0.3) is 6.33 Å². The summed E-state index contributed by atoms with van der Waals surface area (Å²) >= 11 is 0. The quantitative estimate of drug-likeness (QED) is 0.0625. The Morgan fingerprint density at radius 3 is 1.82 bits per heavy atom. The van der Waals surface area contributed by atoms with Crippen molar-refractivity contribution in [2.24, 2.45) is 0 Å². The number of aromatic nitrogens is 4. The molecule has 4 heterocycles. The fourth-order valence-corrected chi connectivity index (χ4v) is 15.8. The summed E-state index contributed by atoms with van der Waals surface area (Å²) in [7, 11) is -6.06. The van der Waals surface area contributed by atoms with Crippen molar-refractivity contribution in [3.05, 3.63) is 296 Å². The number of hydrogen-bond donors (Lipinski definition) is 0. The maximum atomic E-state index is 9.94. The summed E-state index contributed by atoms with van der Waals surface area (Å²) in [5.74, 6) is 0.840. The van der Waals surface area contributed by atoms with Gasteiger partial charge in [0, 0.05) is 79.0 Å². The van der Waals surface area contributed by atoms with Crippen LogP contribution in [-0.2, 0) is 31.9 Å². The monoisotopic (exact) mass is 1350 g/mol. The van der Waals surface area contributed by atoms with Crippen molar-refractivity contribution in [1.29, 1.82) is 0 Å². The Kier molecular flexibility index (Phi) is 7.97. The zero-order valence-corrected chi connectivity index (χ0v) is 49.7.